The van der Waals surface area contributed by atoms with Crippen molar-refractivity contribution in [1.82, 2.24) is 4.90 Å². The topological polar surface area (TPSA) is 85.8 Å². The molecule has 2 aromatic rings. The Balaban J connectivity index is 1.60. The second kappa shape index (κ2) is 6.74. The molecule has 0 spiro atoms. The van der Waals surface area contributed by atoms with Gasteiger partial charge in [0.25, 0.3) is 11.6 Å². The molecule has 24 heavy (non-hydrogen) atoms. The SMILES string of the molecule is Cc1ccc(C2CCCN2C(=O)COc2ccc([N+](=O)[O-])cc2)o1. The summed E-state index contributed by atoms with van der Waals surface area (Å²) in [5.74, 6) is 1.93. The summed E-state index contributed by atoms with van der Waals surface area (Å²) >= 11 is 0. The molecule has 126 valence electrons. The number of furan rings is 1. The van der Waals surface area contributed by atoms with Gasteiger partial charge in [-0.05, 0) is 44.0 Å². The Hall–Kier alpha value is -2.83. The number of hydrogen-bond donors (Lipinski definition) is 0. The van der Waals surface area contributed by atoms with E-state index < -0.39 is 4.92 Å². The van der Waals surface area contributed by atoms with Crippen molar-refractivity contribution in [1.29, 1.82) is 0 Å². The van der Waals surface area contributed by atoms with Crippen LogP contribution in [0, 0.1) is 17.0 Å². The van der Waals surface area contributed by atoms with Crippen LogP contribution in [0.2, 0.25) is 0 Å². The number of nitrogens with zero attached hydrogens (tertiary/aromatic N) is 2. The van der Waals surface area contributed by atoms with Crippen LogP contribution in [0.25, 0.3) is 0 Å². The highest BCUT2D eigenvalue weighted by Gasteiger charge is 2.32. The first-order valence-electron chi connectivity index (χ1n) is 7.77. The van der Waals surface area contributed by atoms with Crippen molar-refractivity contribution in [3.05, 3.63) is 58.0 Å². The summed E-state index contributed by atoms with van der Waals surface area (Å²) in [6.07, 6.45) is 1.80. The molecule has 7 nitrogen and oxygen atoms in total. The lowest BCUT2D eigenvalue weighted by Gasteiger charge is -2.23. The third-order valence-electron chi connectivity index (χ3n) is 4.07. The van der Waals surface area contributed by atoms with Gasteiger partial charge in [-0.25, -0.2) is 0 Å². The highest BCUT2D eigenvalue weighted by atomic mass is 16.6. The molecule has 0 radical (unpaired) electrons. The number of aryl methyl sites for hydroxylation is 1. The van der Waals surface area contributed by atoms with Crippen LogP contribution in [-0.2, 0) is 4.79 Å². The Morgan fingerprint density at radius 2 is 2.08 bits per heavy atom. The van der Waals surface area contributed by atoms with Gasteiger partial charge in [-0.1, -0.05) is 0 Å². The van der Waals surface area contributed by atoms with E-state index in [1.807, 2.05) is 19.1 Å². The van der Waals surface area contributed by atoms with Gasteiger partial charge in [-0.2, -0.15) is 0 Å². The van der Waals surface area contributed by atoms with Crippen LogP contribution < -0.4 is 4.74 Å². The molecule has 0 aliphatic carbocycles. The number of hydrogen-bond acceptors (Lipinski definition) is 5. The maximum atomic E-state index is 12.4. The summed E-state index contributed by atoms with van der Waals surface area (Å²) in [5, 5.41) is 10.6. The van der Waals surface area contributed by atoms with Gasteiger partial charge in [0, 0.05) is 18.7 Å². The van der Waals surface area contributed by atoms with E-state index in [4.69, 9.17) is 9.15 Å². The summed E-state index contributed by atoms with van der Waals surface area (Å²) in [6, 6.07) is 9.43. The molecule has 0 saturated carbocycles. The Morgan fingerprint density at radius 3 is 2.71 bits per heavy atom. The van der Waals surface area contributed by atoms with Gasteiger partial charge in [0.2, 0.25) is 0 Å². The van der Waals surface area contributed by atoms with Crippen LogP contribution in [0.1, 0.15) is 30.4 Å². The Labute approximate surface area is 139 Å². The van der Waals surface area contributed by atoms with Crippen LogP contribution in [0.4, 0.5) is 5.69 Å². The molecule has 1 aliphatic rings. The smallest absolute Gasteiger partial charge is 0.269 e. The normalized spacial score (nSPS) is 17.0. The number of amides is 1. The van der Waals surface area contributed by atoms with Gasteiger partial charge < -0.3 is 14.1 Å². The molecule has 3 rings (SSSR count). The number of ether oxygens (including phenoxy) is 1. The predicted octanol–water partition coefficient (Wildman–Crippen LogP) is 3.24. The minimum atomic E-state index is -0.477. The first-order chi connectivity index (χ1) is 11.5. The standard InChI is InChI=1S/C17H18N2O5/c1-12-4-9-16(24-12)15-3-2-10-18(15)17(20)11-23-14-7-5-13(6-8-14)19(21)22/h4-9,15H,2-3,10-11H2,1H3. The van der Waals surface area contributed by atoms with E-state index in [1.165, 1.54) is 24.3 Å². The summed E-state index contributed by atoms with van der Waals surface area (Å²) in [6.45, 7) is 2.45. The van der Waals surface area contributed by atoms with Crippen LogP contribution in [0.5, 0.6) is 5.75 Å². The van der Waals surface area contributed by atoms with Crippen molar-refractivity contribution in [3.8, 4) is 5.75 Å². The van der Waals surface area contributed by atoms with Crippen molar-refractivity contribution >= 4 is 11.6 Å². The average Bonchev–Trinajstić information content (AvgIpc) is 3.21. The lowest BCUT2D eigenvalue weighted by molar-refractivity contribution is -0.384. The summed E-state index contributed by atoms with van der Waals surface area (Å²) < 4.78 is 11.1. The number of carbonyl (C=O) groups is 1. The molecular formula is C17H18N2O5. The number of non-ortho nitro benzene ring substituents is 1. The molecular weight excluding hydrogens is 312 g/mol. The number of carbonyl (C=O) groups excluding carboxylic acids is 1. The first kappa shape index (κ1) is 16.0. The molecule has 0 bridgehead atoms. The molecule has 2 heterocycles. The van der Waals surface area contributed by atoms with Crippen LogP contribution in [-0.4, -0.2) is 28.9 Å². The Kier molecular flexibility index (Phi) is 4.50. The fourth-order valence-electron chi connectivity index (χ4n) is 2.89. The zero-order valence-electron chi connectivity index (χ0n) is 13.3. The van der Waals surface area contributed by atoms with Gasteiger partial charge in [-0.15, -0.1) is 0 Å². The Morgan fingerprint density at radius 1 is 1.33 bits per heavy atom. The van der Waals surface area contributed by atoms with E-state index >= 15 is 0 Å². The third-order valence-corrected chi connectivity index (χ3v) is 4.07. The molecule has 1 aromatic heterocycles. The highest BCUT2D eigenvalue weighted by molar-refractivity contribution is 5.78. The largest absolute Gasteiger partial charge is 0.484 e. The maximum Gasteiger partial charge on any atom is 0.269 e. The Bertz CT molecular complexity index is 738. The van der Waals surface area contributed by atoms with Crippen molar-refractivity contribution in [2.45, 2.75) is 25.8 Å². The molecule has 1 saturated heterocycles. The number of nitro benzene ring substituents is 1. The molecule has 1 unspecified atom stereocenters. The molecule has 1 amide bonds. The van der Waals surface area contributed by atoms with Gasteiger partial charge >= 0.3 is 0 Å². The van der Waals surface area contributed by atoms with Crippen LogP contribution >= 0.6 is 0 Å². The molecule has 1 fully saturated rings. The monoisotopic (exact) mass is 330 g/mol. The summed E-state index contributed by atoms with van der Waals surface area (Å²) in [5.41, 5.74) is -0.0125. The van der Waals surface area contributed by atoms with Crippen molar-refractivity contribution < 1.29 is 18.9 Å². The zero-order chi connectivity index (χ0) is 17.1. The highest BCUT2D eigenvalue weighted by Crippen LogP contribution is 2.33. The lowest BCUT2D eigenvalue weighted by Crippen LogP contribution is -2.34. The lowest BCUT2D eigenvalue weighted by atomic mass is 10.1. The van der Waals surface area contributed by atoms with E-state index in [0.717, 1.165) is 24.4 Å². The quantitative estimate of drug-likeness (QED) is 0.620. The second-order valence-electron chi connectivity index (χ2n) is 5.73. The van der Waals surface area contributed by atoms with E-state index in [0.29, 0.717) is 12.3 Å². The summed E-state index contributed by atoms with van der Waals surface area (Å²) in [4.78, 5) is 24.3. The molecule has 1 aromatic carbocycles. The average molecular weight is 330 g/mol. The number of nitro groups is 1. The van der Waals surface area contributed by atoms with Gasteiger partial charge in [0.15, 0.2) is 6.61 Å². The minimum Gasteiger partial charge on any atom is -0.484 e. The fourth-order valence-corrected chi connectivity index (χ4v) is 2.89. The molecule has 1 aliphatic heterocycles. The predicted molar refractivity (Wildman–Crippen MR) is 85.7 cm³/mol. The second-order valence-corrected chi connectivity index (χ2v) is 5.73. The zero-order valence-corrected chi connectivity index (χ0v) is 13.3. The van der Waals surface area contributed by atoms with E-state index in [1.54, 1.807) is 4.90 Å². The number of likely N-dealkylation sites (tertiary alicyclic amines) is 1. The minimum absolute atomic E-state index is 0.0125. The van der Waals surface area contributed by atoms with E-state index in [9.17, 15) is 14.9 Å². The van der Waals surface area contributed by atoms with Crippen molar-refractivity contribution in [2.24, 2.45) is 0 Å². The third kappa shape index (κ3) is 3.40. The molecule has 7 heteroatoms. The molecule has 0 N–H and O–H groups in total. The van der Waals surface area contributed by atoms with Crippen molar-refractivity contribution in [3.63, 3.8) is 0 Å². The molecule has 1 atom stereocenters. The van der Waals surface area contributed by atoms with E-state index in [2.05, 4.69) is 0 Å². The van der Waals surface area contributed by atoms with Crippen molar-refractivity contribution in [2.75, 3.05) is 13.2 Å². The number of rotatable bonds is 5. The first-order valence-corrected chi connectivity index (χ1v) is 7.77. The van der Waals surface area contributed by atoms with Gasteiger partial charge in [0.05, 0.1) is 11.0 Å². The fraction of sp³-hybridized carbons (Fsp3) is 0.353. The van der Waals surface area contributed by atoms with Crippen LogP contribution in [0.3, 0.4) is 0 Å². The van der Waals surface area contributed by atoms with E-state index in [-0.39, 0.29) is 24.2 Å². The van der Waals surface area contributed by atoms with Crippen LogP contribution in [0.15, 0.2) is 40.8 Å². The van der Waals surface area contributed by atoms with Gasteiger partial charge in [0.1, 0.15) is 17.3 Å². The van der Waals surface area contributed by atoms with Gasteiger partial charge in [-0.3, -0.25) is 14.9 Å². The maximum absolute atomic E-state index is 12.4. The summed E-state index contributed by atoms with van der Waals surface area (Å²) in [7, 11) is 0. The number of benzene rings is 1.